The smallest absolute Gasteiger partial charge is 0.317 e. The van der Waals surface area contributed by atoms with Gasteiger partial charge in [0.1, 0.15) is 0 Å². The van der Waals surface area contributed by atoms with Crippen LogP contribution in [0.1, 0.15) is 26.2 Å². The zero-order valence-corrected chi connectivity index (χ0v) is 9.87. The highest BCUT2D eigenvalue weighted by atomic mass is 28.2. The third-order valence-corrected chi connectivity index (χ3v) is 3.74. The molecular weight excluding hydrogens is 200 g/mol. The molecule has 0 saturated carbocycles. The predicted molar refractivity (Wildman–Crippen MR) is 53.4 cm³/mol. The van der Waals surface area contributed by atoms with Crippen LogP contribution in [0.2, 0.25) is 6.04 Å². The first-order valence-electron chi connectivity index (χ1n) is 5.06. The van der Waals surface area contributed by atoms with E-state index in [1.54, 1.807) is 0 Å². The normalized spacial score (nSPS) is 22.2. The standard InChI is InChI=1S/C9H16O4Si/c1-2-12-14-5-3-4-7-6-8(10)13-9(7)11/h7H,2-6,14H2,1H3. The van der Waals surface area contributed by atoms with Crippen molar-refractivity contribution >= 4 is 21.7 Å². The minimum absolute atomic E-state index is 0.182. The summed E-state index contributed by atoms with van der Waals surface area (Å²) in [6.07, 6.45) is 2.01. The summed E-state index contributed by atoms with van der Waals surface area (Å²) in [7, 11) is -0.394. The van der Waals surface area contributed by atoms with Gasteiger partial charge in [0.05, 0.1) is 12.3 Å². The van der Waals surface area contributed by atoms with E-state index < -0.39 is 9.76 Å². The van der Waals surface area contributed by atoms with E-state index >= 15 is 0 Å². The lowest BCUT2D eigenvalue weighted by atomic mass is 10.0. The van der Waals surface area contributed by atoms with Gasteiger partial charge in [0.25, 0.3) is 0 Å². The molecule has 0 radical (unpaired) electrons. The third-order valence-electron chi connectivity index (χ3n) is 2.26. The molecule has 1 aliphatic rings. The number of hydrogen-bond acceptors (Lipinski definition) is 4. The van der Waals surface area contributed by atoms with Crippen molar-refractivity contribution in [2.24, 2.45) is 5.92 Å². The fourth-order valence-electron chi connectivity index (χ4n) is 1.48. The van der Waals surface area contributed by atoms with Gasteiger partial charge in [0, 0.05) is 6.61 Å². The lowest BCUT2D eigenvalue weighted by Gasteiger charge is -2.03. The predicted octanol–water partition coefficient (Wildman–Crippen LogP) is 0.395. The SMILES string of the molecule is CCO[SiH2]CCCC1CC(=O)OC1=O. The van der Waals surface area contributed by atoms with Gasteiger partial charge in [-0.25, -0.2) is 0 Å². The van der Waals surface area contributed by atoms with Crippen LogP contribution in [0, 0.1) is 5.92 Å². The van der Waals surface area contributed by atoms with Gasteiger partial charge >= 0.3 is 11.9 Å². The zero-order valence-electron chi connectivity index (χ0n) is 8.45. The van der Waals surface area contributed by atoms with Crippen LogP contribution in [-0.2, 0) is 18.8 Å². The van der Waals surface area contributed by atoms with Gasteiger partial charge < -0.3 is 9.16 Å². The van der Waals surface area contributed by atoms with E-state index in [0.29, 0.717) is 0 Å². The van der Waals surface area contributed by atoms with Crippen LogP contribution in [0.3, 0.4) is 0 Å². The van der Waals surface area contributed by atoms with Crippen LogP contribution in [-0.4, -0.2) is 28.3 Å². The number of rotatable bonds is 6. The van der Waals surface area contributed by atoms with Crippen molar-refractivity contribution in [1.29, 1.82) is 0 Å². The van der Waals surface area contributed by atoms with Gasteiger partial charge in [-0.3, -0.25) is 9.59 Å². The van der Waals surface area contributed by atoms with Crippen LogP contribution in [0.4, 0.5) is 0 Å². The van der Waals surface area contributed by atoms with Gasteiger partial charge in [-0.1, -0.05) is 6.42 Å². The highest BCUT2D eigenvalue weighted by molar-refractivity contribution is 6.26. The summed E-state index contributed by atoms with van der Waals surface area (Å²) in [5.41, 5.74) is 0. The molecule has 80 valence electrons. The summed E-state index contributed by atoms with van der Waals surface area (Å²) in [4.78, 5) is 21.8. The second kappa shape index (κ2) is 5.92. The Labute approximate surface area is 85.9 Å². The minimum Gasteiger partial charge on any atom is -0.424 e. The van der Waals surface area contributed by atoms with Gasteiger partial charge in [0.15, 0.2) is 9.76 Å². The van der Waals surface area contributed by atoms with Crippen molar-refractivity contribution in [3.05, 3.63) is 0 Å². The number of carbonyl (C=O) groups excluding carboxylic acids is 2. The van der Waals surface area contributed by atoms with E-state index in [0.717, 1.165) is 25.5 Å². The monoisotopic (exact) mass is 216 g/mol. The van der Waals surface area contributed by atoms with Gasteiger partial charge in [-0.15, -0.1) is 0 Å². The fourth-order valence-corrected chi connectivity index (χ4v) is 2.47. The molecule has 0 N–H and O–H groups in total. The second-order valence-electron chi connectivity index (χ2n) is 3.39. The Bertz CT molecular complexity index is 217. The second-order valence-corrected chi connectivity index (χ2v) is 4.91. The first-order valence-corrected chi connectivity index (χ1v) is 6.64. The van der Waals surface area contributed by atoms with Gasteiger partial charge in [-0.05, 0) is 19.4 Å². The van der Waals surface area contributed by atoms with Gasteiger partial charge in [-0.2, -0.15) is 0 Å². The molecule has 0 bridgehead atoms. The highest BCUT2D eigenvalue weighted by Crippen LogP contribution is 2.21. The molecule has 0 spiro atoms. The summed E-state index contributed by atoms with van der Waals surface area (Å²) >= 11 is 0. The summed E-state index contributed by atoms with van der Waals surface area (Å²) < 4.78 is 9.76. The van der Waals surface area contributed by atoms with Crippen LogP contribution in [0.25, 0.3) is 0 Å². The van der Waals surface area contributed by atoms with Crippen molar-refractivity contribution < 1.29 is 18.8 Å². The average Bonchev–Trinajstić information content (AvgIpc) is 2.45. The number of carbonyl (C=O) groups is 2. The van der Waals surface area contributed by atoms with Crippen LogP contribution in [0.5, 0.6) is 0 Å². The Hall–Kier alpha value is -0.683. The number of hydrogen-bond donors (Lipinski definition) is 0. The highest BCUT2D eigenvalue weighted by Gasteiger charge is 2.32. The first-order chi connectivity index (χ1) is 6.74. The van der Waals surface area contributed by atoms with Crippen molar-refractivity contribution in [3.63, 3.8) is 0 Å². The van der Waals surface area contributed by atoms with Crippen molar-refractivity contribution in [1.82, 2.24) is 0 Å². The topological polar surface area (TPSA) is 52.6 Å². The quantitative estimate of drug-likeness (QED) is 0.279. The Morgan fingerprint density at radius 2 is 2.36 bits per heavy atom. The molecule has 1 saturated heterocycles. The van der Waals surface area contributed by atoms with E-state index in [1.807, 2.05) is 6.92 Å². The molecule has 1 atom stereocenters. The Balaban J connectivity index is 2.07. The van der Waals surface area contributed by atoms with Crippen molar-refractivity contribution in [3.8, 4) is 0 Å². The maximum absolute atomic E-state index is 11.0. The van der Waals surface area contributed by atoms with Gasteiger partial charge in [0.2, 0.25) is 0 Å². The molecule has 0 amide bonds. The van der Waals surface area contributed by atoms with Crippen LogP contribution < -0.4 is 0 Å². The number of esters is 2. The lowest BCUT2D eigenvalue weighted by molar-refractivity contribution is -0.153. The van der Waals surface area contributed by atoms with E-state index in [4.69, 9.17) is 4.43 Å². The van der Waals surface area contributed by atoms with E-state index in [2.05, 4.69) is 4.74 Å². The Kier molecular flexibility index (Phi) is 4.82. The zero-order chi connectivity index (χ0) is 10.4. The maximum atomic E-state index is 11.0. The molecule has 4 nitrogen and oxygen atoms in total. The Morgan fingerprint density at radius 3 is 2.93 bits per heavy atom. The third kappa shape index (κ3) is 3.59. The molecule has 1 rings (SSSR count). The molecule has 1 aliphatic heterocycles. The lowest BCUT2D eigenvalue weighted by Crippen LogP contribution is -2.08. The van der Waals surface area contributed by atoms with Crippen LogP contribution >= 0.6 is 0 Å². The first kappa shape index (κ1) is 11.4. The molecule has 5 heteroatoms. The molecular formula is C9H16O4Si. The van der Waals surface area contributed by atoms with E-state index in [9.17, 15) is 9.59 Å². The minimum atomic E-state index is -0.394. The van der Waals surface area contributed by atoms with E-state index in [-0.39, 0.29) is 24.3 Å². The summed E-state index contributed by atoms with van der Waals surface area (Å²) in [6, 6.07) is 1.08. The van der Waals surface area contributed by atoms with E-state index in [1.165, 1.54) is 0 Å². The van der Waals surface area contributed by atoms with Crippen LogP contribution in [0.15, 0.2) is 0 Å². The summed E-state index contributed by atoms with van der Waals surface area (Å²) in [5.74, 6) is -0.895. The molecule has 0 aromatic heterocycles. The average molecular weight is 216 g/mol. The number of cyclic esters (lactones) is 2. The molecule has 0 aromatic carbocycles. The fraction of sp³-hybridized carbons (Fsp3) is 0.778. The molecule has 1 unspecified atom stereocenters. The molecule has 1 heterocycles. The molecule has 0 aliphatic carbocycles. The molecule has 14 heavy (non-hydrogen) atoms. The Morgan fingerprint density at radius 1 is 1.57 bits per heavy atom. The summed E-state index contributed by atoms with van der Waals surface area (Å²) in [6.45, 7) is 2.77. The molecule has 1 fully saturated rings. The number of ether oxygens (including phenoxy) is 1. The summed E-state index contributed by atoms with van der Waals surface area (Å²) in [5, 5.41) is 0. The largest absolute Gasteiger partial charge is 0.424 e. The molecule has 0 aromatic rings. The maximum Gasteiger partial charge on any atom is 0.317 e. The van der Waals surface area contributed by atoms with Crippen molar-refractivity contribution in [2.75, 3.05) is 6.61 Å². The van der Waals surface area contributed by atoms with Crippen molar-refractivity contribution in [2.45, 2.75) is 32.2 Å².